The number of hydrogen-bond donors (Lipinski definition) is 1. The minimum absolute atomic E-state index is 0.0179. The summed E-state index contributed by atoms with van der Waals surface area (Å²) in [6, 6.07) is 0.0179. The largest absolute Gasteiger partial charge is 0.356 e. The highest BCUT2D eigenvalue weighted by Gasteiger charge is 2.24. The van der Waals surface area contributed by atoms with Crippen LogP contribution in [0, 0.1) is 0 Å². The zero-order valence-corrected chi connectivity index (χ0v) is 8.06. The Kier molecular flexibility index (Phi) is 1.95. The lowest BCUT2D eigenvalue weighted by Gasteiger charge is -2.13. The molecule has 72 valence electrons. The molecule has 0 aromatic carbocycles. The lowest BCUT2D eigenvalue weighted by Crippen LogP contribution is -2.18. The third-order valence-corrected chi connectivity index (χ3v) is 2.53. The van der Waals surface area contributed by atoms with Gasteiger partial charge in [0, 0.05) is 13.6 Å². The second-order valence-electron chi connectivity index (χ2n) is 3.46. The Morgan fingerprint density at radius 3 is 3.00 bits per heavy atom. The topological polar surface area (TPSA) is 60.0 Å². The van der Waals surface area contributed by atoms with E-state index in [1.165, 1.54) is 0 Å². The van der Waals surface area contributed by atoms with Crippen molar-refractivity contribution >= 4 is 5.82 Å². The van der Waals surface area contributed by atoms with Crippen molar-refractivity contribution < 1.29 is 0 Å². The number of nitrogens with two attached hydrogens (primary N) is 1. The van der Waals surface area contributed by atoms with Gasteiger partial charge >= 0.3 is 0 Å². The average molecular weight is 181 g/mol. The molecule has 1 unspecified atom stereocenters. The fraction of sp³-hybridized carbons (Fsp3) is 0.750. The van der Waals surface area contributed by atoms with E-state index in [0.29, 0.717) is 0 Å². The van der Waals surface area contributed by atoms with Gasteiger partial charge in [0.05, 0.1) is 12.6 Å². The molecule has 0 saturated carbocycles. The number of anilines is 1. The smallest absolute Gasteiger partial charge is 0.152 e. The molecule has 1 aromatic rings. The van der Waals surface area contributed by atoms with Crippen LogP contribution in [-0.4, -0.2) is 28.6 Å². The Balaban J connectivity index is 2.38. The Morgan fingerprint density at radius 2 is 2.31 bits per heavy atom. The first kappa shape index (κ1) is 8.50. The van der Waals surface area contributed by atoms with E-state index >= 15 is 0 Å². The monoisotopic (exact) mass is 181 g/mol. The minimum atomic E-state index is 0.0179. The van der Waals surface area contributed by atoms with Gasteiger partial charge < -0.3 is 10.6 Å². The zero-order valence-electron chi connectivity index (χ0n) is 8.06. The van der Waals surface area contributed by atoms with Crippen LogP contribution < -0.4 is 10.6 Å². The van der Waals surface area contributed by atoms with Crippen molar-refractivity contribution in [1.29, 1.82) is 0 Å². The van der Waals surface area contributed by atoms with E-state index in [0.717, 1.165) is 31.0 Å². The van der Waals surface area contributed by atoms with E-state index < -0.39 is 0 Å². The van der Waals surface area contributed by atoms with Crippen molar-refractivity contribution in [2.24, 2.45) is 5.73 Å². The number of likely N-dealkylation sites (N-methyl/N-ethyl adjacent to an activating group) is 1. The number of rotatable bonds is 2. The molecule has 0 fully saturated rings. The molecule has 1 aliphatic rings. The SMILES string of the molecule is CCC(N)c1nnn2c1N(C)CC2. The Bertz CT molecular complexity index is 305. The Morgan fingerprint density at radius 1 is 1.54 bits per heavy atom. The third-order valence-electron chi connectivity index (χ3n) is 2.53. The van der Waals surface area contributed by atoms with Gasteiger partial charge in [0.25, 0.3) is 0 Å². The number of fused-ring (bicyclic) bond motifs is 1. The number of aromatic nitrogens is 3. The van der Waals surface area contributed by atoms with Crippen LogP contribution in [0.5, 0.6) is 0 Å². The van der Waals surface area contributed by atoms with Crippen LogP contribution >= 0.6 is 0 Å². The molecule has 0 saturated heterocycles. The zero-order chi connectivity index (χ0) is 9.42. The minimum Gasteiger partial charge on any atom is -0.356 e. The molecule has 0 spiro atoms. The van der Waals surface area contributed by atoms with E-state index in [9.17, 15) is 0 Å². The third kappa shape index (κ3) is 1.19. The van der Waals surface area contributed by atoms with Crippen LogP contribution in [0.1, 0.15) is 25.1 Å². The number of hydrogen-bond acceptors (Lipinski definition) is 4. The highest BCUT2D eigenvalue weighted by atomic mass is 15.5. The van der Waals surface area contributed by atoms with Crippen molar-refractivity contribution in [2.75, 3.05) is 18.5 Å². The first-order valence-electron chi connectivity index (χ1n) is 4.64. The summed E-state index contributed by atoms with van der Waals surface area (Å²) in [6.07, 6.45) is 0.902. The molecule has 0 bridgehead atoms. The summed E-state index contributed by atoms with van der Waals surface area (Å²) in [7, 11) is 2.05. The summed E-state index contributed by atoms with van der Waals surface area (Å²) in [4.78, 5) is 2.16. The van der Waals surface area contributed by atoms with Crippen LogP contribution in [0.2, 0.25) is 0 Å². The summed E-state index contributed by atoms with van der Waals surface area (Å²) in [5.74, 6) is 1.09. The molecule has 5 heteroatoms. The van der Waals surface area contributed by atoms with Gasteiger partial charge in [-0.05, 0) is 6.42 Å². The molecule has 2 rings (SSSR count). The fourth-order valence-corrected chi connectivity index (χ4v) is 1.65. The van der Waals surface area contributed by atoms with Gasteiger partial charge in [0.15, 0.2) is 5.82 Å². The van der Waals surface area contributed by atoms with Gasteiger partial charge in [0.1, 0.15) is 5.69 Å². The number of nitrogens with zero attached hydrogens (tertiary/aromatic N) is 4. The van der Waals surface area contributed by atoms with Crippen molar-refractivity contribution in [3.8, 4) is 0 Å². The van der Waals surface area contributed by atoms with E-state index in [4.69, 9.17) is 5.73 Å². The molecule has 2 N–H and O–H groups in total. The molecule has 0 aliphatic carbocycles. The highest BCUT2D eigenvalue weighted by molar-refractivity contribution is 5.46. The lowest BCUT2D eigenvalue weighted by molar-refractivity contribution is 0.633. The summed E-state index contributed by atoms with van der Waals surface area (Å²) < 4.78 is 1.92. The fourth-order valence-electron chi connectivity index (χ4n) is 1.65. The van der Waals surface area contributed by atoms with Gasteiger partial charge in [-0.15, -0.1) is 5.10 Å². The van der Waals surface area contributed by atoms with Crippen LogP contribution in [0.15, 0.2) is 0 Å². The first-order chi connectivity index (χ1) is 6.24. The predicted octanol–water partition coefficient (Wildman–Crippen LogP) is 0.138. The van der Waals surface area contributed by atoms with Gasteiger partial charge in [-0.1, -0.05) is 12.1 Å². The van der Waals surface area contributed by atoms with E-state index in [1.807, 2.05) is 11.7 Å². The van der Waals surface area contributed by atoms with E-state index in [-0.39, 0.29) is 6.04 Å². The standard InChI is InChI=1S/C8H15N5/c1-3-6(9)7-8-12(2)4-5-13(8)11-10-7/h6H,3-5,9H2,1-2H3. The molecule has 1 aliphatic heterocycles. The quantitative estimate of drug-likeness (QED) is 0.705. The van der Waals surface area contributed by atoms with Gasteiger partial charge in [0.2, 0.25) is 0 Å². The van der Waals surface area contributed by atoms with Crippen molar-refractivity contribution in [3.63, 3.8) is 0 Å². The summed E-state index contributed by atoms with van der Waals surface area (Å²) in [6.45, 7) is 3.99. The van der Waals surface area contributed by atoms with E-state index in [1.54, 1.807) is 0 Å². The molecule has 1 atom stereocenters. The van der Waals surface area contributed by atoms with Crippen LogP contribution in [-0.2, 0) is 6.54 Å². The molecule has 2 heterocycles. The van der Waals surface area contributed by atoms with Crippen molar-refractivity contribution in [2.45, 2.75) is 25.9 Å². The highest BCUT2D eigenvalue weighted by Crippen LogP contribution is 2.26. The maximum absolute atomic E-state index is 5.93. The summed E-state index contributed by atoms with van der Waals surface area (Å²) in [5.41, 5.74) is 6.86. The Labute approximate surface area is 77.5 Å². The molecular weight excluding hydrogens is 166 g/mol. The first-order valence-corrected chi connectivity index (χ1v) is 4.64. The van der Waals surface area contributed by atoms with Gasteiger partial charge in [-0.3, -0.25) is 0 Å². The average Bonchev–Trinajstić information content (AvgIpc) is 2.68. The molecule has 0 amide bonds. The maximum atomic E-state index is 5.93. The molecule has 1 aromatic heterocycles. The molecule has 0 radical (unpaired) electrons. The van der Waals surface area contributed by atoms with Crippen LogP contribution in [0.4, 0.5) is 5.82 Å². The maximum Gasteiger partial charge on any atom is 0.152 e. The summed E-state index contributed by atoms with van der Waals surface area (Å²) in [5, 5.41) is 8.17. The van der Waals surface area contributed by atoms with Crippen LogP contribution in [0.3, 0.4) is 0 Å². The van der Waals surface area contributed by atoms with Crippen LogP contribution in [0.25, 0.3) is 0 Å². The molecule has 13 heavy (non-hydrogen) atoms. The molecular formula is C8H15N5. The normalized spacial score (nSPS) is 17.6. The van der Waals surface area contributed by atoms with Gasteiger partial charge in [-0.25, -0.2) is 4.68 Å². The van der Waals surface area contributed by atoms with Crippen molar-refractivity contribution in [1.82, 2.24) is 15.0 Å². The second kappa shape index (κ2) is 2.99. The predicted molar refractivity (Wildman–Crippen MR) is 50.5 cm³/mol. The van der Waals surface area contributed by atoms with E-state index in [2.05, 4.69) is 22.1 Å². The molecule has 5 nitrogen and oxygen atoms in total. The second-order valence-corrected chi connectivity index (χ2v) is 3.46. The lowest BCUT2D eigenvalue weighted by atomic mass is 10.2. The Hall–Kier alpha value is -1.10. The van der Waals surface area contributed by atoms with Crippen molar-refractivity contribution in [3.05, 3.63) is 5.69 Å². The van der Waals surface area contributed by atoms with Gasteiger partial charge in [-0.2, -0.15) is 0 Å². The summed E-state index contributed by atoms with van der Waals surface area (Å²) >= 11 is 0.